The molecule has 1 atom stereocenters. The number of hydrogen-bond donors (Lipinski definition) is 1. The highest BCUT2D eigenvalue weighted by Crippen LogP contribution is 2.23. The molecule has 1 aromatic carbocycles. The highest BCUT2D eigenvalue weighted by Gasteiger charge is 2.07. The second kappa shape index (κ2) is 5.38. The quantitative estimate of drug-likeness (QED) is 0.803. The lowest BCUT2D eigenvalue weighted by Gasteiger charge is -2.08. The largest absolute Gasteiger partial charge is 0.299 e. The van der Waals surface area contributed by atoms with Gasteiger partial charge in [0.15, 0.2) is 11.0 Å². The highest BCUT2D eigenvalue weighted by molar-refractivity contribution is 7.86. The summed E-state index contributed by atoms with van der Waals surface area (Å²) < 4.78 is 15.2. The van der Waals surface area contributed by atoms with Crippen molar-refractivity contribution in [3.63, 3.8) is 0 Å². The average Bonchev–Trinajstić information content (AvgIpc) is 2.48. The van der Waals surface area contributed by atoms with E-state index in [1.807, 2.05) is 25.1 Å². The van der Waals surface area contributed by atoms with Crippen LogP contribution in [0.25, 0.3) is 10.9 Å². The first kappa shape index (κ1) is 12.7. The Hall–Kier alpha value is -2.27. The first-order valence-electron chi connectivity index (χ1n) is 6.18. The summed E-state index contributed by atoms with van der Waals surface area (Å²) in [4.78, 5) is 9.02. The fraction of sp³-hybridized carbons (Fsp3) is 0.0667. The SMILES string of the molecule is Cc1cnc2c(NS(=O)c3cccnc3)cccc2c1. The first-order chi connectivity index (χ1) is 9.74. The van der Waals surface area contributed by atoms with Crippen LogP contribution in [0.1, 0.15) is 5.56 Å². The number of nitrogens with one attached hydrogen (secondary N) is 1. The van der Waals surface area contributed by atoms with E-state index in [-0.39, 0.29) is 0 Å². The van der Waals surface area contributed by atoms with Gasteiger partial charge in [0.2, 0.25) is 0 Å². The van der Waals surface area contributed by atoms with Crippen LogP contribution >= 0.6 is 0 Å². The zero-order valence-electron chi connectivity index (χ0n) is 10.9. The van der Waals surface area contributed by atoms with E-state index in [1.54, 1.807) is 30.7 Å². The Balaban J connectivity index is 1.97. The van der Waals surface area contributed by atoms with E-state index < -0.39 is 11.0 Å². The molecule has 1 N–H and O–H groups in total. The second-order valence-electron chi connectivity index (χ2n) is 4.45. The van der Waals surface area contributed by atoms with Crippen LogP contribution < -0.4 is 4.72 Å². The monoisotopic (exact) mass is 283 g/mol. The standard InChI is InChI=1S/C15H13N3OS/c1-11-8-12-4-2-6-14(15(12)17-9-11)18-20(19)13-5-3-7-16-10-13/h2-10,18H,1H3. The summed E-state index contributed by atoms with van der Waals surface area (Å²) >= 11 is 0. The maximum absolute atomic E-state index is 12.3. The third-order valence-corrected chi connectivity index (χ3v) is 3.97. The lowest BCUT2D eigenvalue weighted by molar-refractivity contribution is 0.686. The lowest BCUT2D eigenvalue weighted by Crippen LogP contribution is -2.05. The van der Waals surface area contributed by atoms with E-state index in [0.717, 1.165) is 22.2 Å². The second-order valence-corrected chi connectivity index (χ2v) is 5.66. The van der Waals surface area contributed by atoms with Crippen LogP contribution in [0, 0.1) is 6.92 Å². The summed E-state index contributed by atoms with van der Waals surface area (Å²) in [5.74, 6) is 0. The molecule has 100 valence electrons. The van der Waals surface area contributed by atoms with Crippen molar-refractivity contribution < 1.29 is 4.21 Å². The van der Waals surface area contributed by atoms with Crippen molar-refractivity contribution in [1.29, 1.82) is 0 Å². The highest BCUT2D eigenvalue weighted by atomic mass is 32.2. The number of anilines is 1. The average molecular weight is 283 g/mol. The zero-order valence-corrected chi connectivity index (χ0v) is 11.7. The lowest BCUT2D eigenvalue weighted by atomic mass is 10.1. The number of aromatic nitrogens is 2. The molecule has 0 fully saturated rings. The van der Waals surface area contributed by atoms with Gasteiger partial charge in [-0.2, -0.15) is 0 Å². The molecule has 3 aromatic rings. The summed E-state index contributed by atoms with van der Waals surface area (Å²) in [7, 11) is -1.35. The molecule has 3 rings (SSSR count). The van der Waals surface area contributed by atoms with Gasteiger partial charge < -0.3 is 0 Å². The molecule has 0 saturated heterocycles. The van der Waals surface area contributed by atoms with Crippen molar-refractivity contribution in [1.82, 2.24) is 9.97 Å². The molecule has 0 aliphatic rings. The molecular weight excluding hydrogens is 270 g/mol. The minimum absolute atomic E-state index is 0.636. The van der Waals surface area contributed by atoms with E-state index in [9.17, 15) is 4.21 Å². The van der Waals surface area contributed by atoms with Gasteiger partial charge in [-0.3, -0.25) is 14.7 Å². The molecule has 0 aliphatic carbocycles. The van der Waals surface area contributed by atoms with Gasteiger partial charge in [0.1, 0.15) is 0 Å². The van der Waals surface area contributed by atoms with Gasteiger partial charge in [-0.25, -0.2) is 4.21 Å². The molecule has 1 unspecified atom stereocenters. The van der Waals surface area contributed by atoms with E-state index >= 15 is 0 Å². The molecule has 20 heavy (non-hydrogen) atoms. The van der Waals surface area contributed by atoms with Crippen molar-refractivity contribution in [2.24, 2.45) is 0 Å². The minimum Gasteiger partial charge on any atom is -0.299 e. The summed E-state index contributed by atoms with van der Waals surface area (Å²) in [5, 5.41) is 1.03. The zero-order chi connectivity index (χ0) is 13.9. The fourth-order valence-corrected chi connectivity index (χ4v) is 2.81. The molecular formula is C15H13N3OS. The van der Waals surface area contributed by atoms with Crippen molar-refractivity contribution in [2.75, 3.05) is 4.72 Å². The molecule has 4 nitrogen and oxygen atoms in total. The van der Waals surface area contributed by atoms with E-state index in [0.29, 0.717) is 4.90 Å². The Morgan fingerprint density at radius 1 is 1.15 bits per heavy atom. The molecule has 0 radical (unpaired) electrons. The van der Waals surface area contributed by atoms with Crippen molar-refractivity contribution in [3.8, 4) is 0 Å². The van der Waals surface area contributed by atoms with Gasteiger partial charge in [0, 0.05) is 24.0 Å². The van der Waals surface area contributed by atoms with Crippen LogP contribution in [0.15, 0.2) is 59.9 Å². The van der Waals surface area contributed by atoms with Gasteiger partial charge in [-0.05, 0) is 36.8 Å². The third-order valence-electron chi connectivity index (χ3n) is 2.90. The van der Waals surface area contributed by atoms with Gasteiger partial charge >= 0.3 is 0 Å². The molecule has 0 amide bonds. The van der Waals surface area contributed by atoms with Crippen molar-refractivity contribution >= 4 is 27.6 Å². The Morgan fingerprint density at radius 2 is 2.05 bits per heavy atom. The smallest absolute Gasteiger partial charge is 0.151 e. The van der Waals surface area contributed by atoms with E-state index in [4.69, 9.17) is 0 Å². The van der Waals surface area contributed by atoms with Gasteiger partial charge in [-0.15, -0.1) is 0 Å². The Morgan fingerprint density at radius 3 is 2.85 bits per heavy atom. The Kier molecular flexibility index (Phi) is 3.43. The number of pyridine rings is 2. The number of benzene rings is 1. The van der Waals surface area contributed by atoms with Crippen LogP contribution in [-0.2, 0) is 11.0 Å². The van der Waals surface area contributed by atoms with Crippen molar-refractivity contribution in [3.05, 3.63) is 60.6 Å². The van der Waals surface area contributed by atoms with Gasteiger partial charge in [-0.1, -0.05) is 12.1 Å². The number of hydrogen-bond acceptors (Lipinski definition) is 3. The molecule has 2 aromatic heterocycles. The van der Waals surface area contributed by atoms with Gasteiger partial charge in [0.05, 0.1) is 16.1 Å². The number of nitrogens with zero attached hydrogens (tertiary/aromatic N) is 2. The molecule has 5 heteroatoms. The van der Waals surface area contributed by atoms with Gasteiger partial charge in [0.25, 0.3) is 0 Å². The molecule has 2 heterocycles. The molecule has 0 saturated carbocycles. The number of rotatable bonds is 3. The predicted octanol–water partition coefficient (Wildman–Crippen LogP) is 3.07. The summed E-state index contributed by atoms with van der Waals surface area (Å²) in [6, 6.07) is 11.4. The Bertz CT molecular complexity index is 774. The summed E-state index contributed by atoms with van der Waals surface area (Å²) in [5.41, 5.74) is 2.67. The fourth-order valence-electron chi connectivity index (χ4n) is 1.97. The maximum Gasteiger partial charge on any atom is 0.151 e. The van der Waals surface area contributed by atoms with Crippen LogP contribution in [0.4, 0.5) is 5.69 Å². The van der Waals surface area contributed by atoms with E-state index in [1.165, 1.54) is 0 Å². The van der Waals surface area contributed by atoms with E-state index in [2.05, 4.69) is 20.8 Å². The number of para-hydroxylation sites is 1. The predicted molar refractivity (Wildman–Crippen MR) is 80.7 cm³/mol. The van der Waals surface area contributed by atoms with Crippen molar-refractivity contribution in [2.45, 2.75) is 11.8 Å². The normalized spacial score (nSPS) is 12.2. The minimum atomic E-state index is -1.35. The Labute approximate surface area is 119 Å². The first-order valence-corrected chi connectivity index (χ1v) is 7.33. The topological polar surface area (TPSA) is 54.9 Å². The molecule has 0 bridgehead atoms. The summed E-state index contributed by atoms with van der Waals surface area (Å²) in [6.45, 7) is 2.00. The van der Waals surface area contributed by atoms with Crippen LogP contribution in [0.2, 0.25) is 0 Å². The molecule has 0 aliphatic heterocycles. The summed E-state index contributed by atoms with van der Waals surface area (Å²) in [6.07, 6.45) is 5.05. The third kappa shape index (κ3) is 2.53. The maximum atomic E-state index is 12.3. The van der Waals surface area contributed by atoms with Crippen LogP contribution in [0.3, 0.4) is 0 Å². The number of fused-ring (bicyclic) bond motifs is 1. The van der Waals surface area contributed by atoms with Crippen LogP contribution in [-0.4, -0.2) is 14.2 Å². The molecule has 0 spiro atoms. The van der Waals surface area contributed by atoms with Crippen LogP contribution in [0.5, 0.6) is 0 Å². The number of aryl methyl sites for hydroxylation is 1.